The summed E-state index contributed by atoms with van der Waals surface area (Å²) in [6.45, 7) is 2.66. The molecule has 1 heteroatoms. The van der Waals surface area contributed by atoms with E-state index in [2.05, 4.69) is 6.92 Å². The van der Waals surface area contributed by atoms with E-state index in [1.807, 2.05) is 0 Å². The molecule has 1 rings (SSSR count). The van der Waals surface area contributed by atoms with Crippen LogP contribution in [0.15, 0.2) is 0 Å². The molecule has 0 amide bonds. The zero-order valence-electron chi connectivity index (χ0n) is 7.55. The van der Waals surface area contributed by atoms with E-state index in [0.29, 0.717) is 6.61 Å². The van der Waals surface area contributed by atoms with Crippen molar-refractivity contribution < 1.29 is 5.11 Å². The fraction of sp³-hybridized carbons (Fsp3) is 1.00. The van der Waals surface area contributed by atoms with Gasteiger partial charge in [0.25, 0.3) is 0 Å². The Morgan fingerprint density at radius 3 is 2.45 bits per heavy atom. The summed E-state index contributed by atoms with van der Waals surface area (Å²) in [7, 11) is 0. The number of hydrogen-bond donors (Lipinski definition) is 1. The van der Waals surface area contributed by atoms with Crippen LogP contribution in [-0.4, -0.2) is 11.7 Å². The van der Waals surface area contributed by atoms with Gasteiger partial charge in [-0.2, -0.15) is 0 Å². The van der Waals surface area contributed by atoms with E-state index in [-0.39, 0.29) is 0 Å². The summed E-state index contributed by atoms with van der Waals surface area (Å²) < 4.78 is 0. The van der Waals surface area contributed by atoms with Gasteiger partial charge in [-0.15, -0.1) is 0 Å². The van der Waals surface area contributed by atoms with Crippen LogP contribution in [0, 0.1) is 11.8 Å². The summed E-state index contributed by atoms with van der Waals surface area (Å²) in [6.07, 6.45) is 8.08. The monoisotopic (exact) mass is 156 g/mol. The minimum atomic E-state index is 0.373. The lowest BCUT2D eigenvalue weighted by Gasteiger charge is -2.26. The van der Waals surface area contributed by atoms with E-state index < -0.39 is 0 Å². The van der Waals surface area contributed by atoms with Crippen molar-refractivity contribution in [2.75, 3.05) is 6.61 Å². The van der Waals surface area contributed by atoms with Gasteiger partial charge in [0.05, 0.1) is 0 Å². The molecule has 0 aliphatic heterocycles. The normalized spacial score (nSPS) is 23.5. The molecule has 0 aromatic rings. The lowest BCUT2D eigenvalue weighted by Crippen LogP contribution is -2.16. The lowest BCUT2D eigenvalue weighted by molar-refractivity contribution is 0.199. The Morgan fingerprint density at radius 2 is 1.91 bits per heavy atom. The molecule has 0 aromatic carbocycles. The first-order valence-corrected chi connectivity index (χ1v) is 4.95. The summed E-state index contributed by atoms with van der Waals surface area (Å²) in [4.78, 5) is 0. The Bertz CT molecular complexity index is 95.0. The van der Waals surface area contributed by atoms with Crippen molar-refractivity contribution in [3.63, 3.8) is 0 Å². The van der Waals surface area contributed by atoms with Crippen LogP contribution in [-0.2, 0) is 0 Å². The third-order valence-electron chi connectivity index (χ3n) is 3.04. The van der Waals surface area contributed by atoms with Crippen molar-refractivity contribution in [1.29, 1.82) is 0 Å². The van der Waals surface area contributed by atoms with Gasteiger partial charge >= 0.3 is 0 Å². The first-order valence-electron chi connectivity index (χ1n) is 4.95. The third kappa shape index (κ3) is 2.82. The zero-order valence-corrected chi connectivity index (χ0v) is 7.55. The molecule has 1 saturated carbocycles. The summed E-state index contributed by atoms with van der Waals surface area (Å²) in [5.41, 5.74) is 0. The fourth-order valence-corrected chi connectivity index (χ4v) is 2.14. The summed E-state index contributed by atoms with van der Waals surface area (Å²) in [5, 5.41) is 8.77. The van der Waals surface area contributed by atoms with Gasteiger partial charge in [-0.25, -0.2) is 0 Å². The Labute approximate surface area is 69.8 Å². The van der Waals surface area contributed by atoms with E-state index in [4.69, 9.17) is 5.11 Å². The standard InChI is InChI=1S/C10H20O/c1-9(7-8-11)10-5-3-2-4-6-10/h9-11H,2-8H2,1H3/t9-/m0/s1. The molecule has 1 nitrogen and oxygen atoms in total. The number of aliphatic hydroxyl groups excluding tert-OH is 1. The summed E-state index contributed by atoms with van der Waals surface area (Å²) in [6, 6.07) is 0. The zero-order chi connectivity index (χ0) is 8.10. The molecular formula is C10H20O. The maximum absolute atomic E-state index is 8.77. The lowest BCUT2D eigenvalue weighted by atomic mass is 9.80. The van der Waals surface area contributed by atoms with Gasteiger partial charge in [0.1, 0.15) is 0 Å². The summed E-state index contributed by atoms with van der Waals surface area (Å²) in [5.74, 6) is 1.66. The predicted octanol–water partition coefficient (Wildman–Crippen LogP) is 2.59. The molecule has 1 aliphatic rings. The average Bonchev–Trinajstić information content (AvgIpc) is 2.07. The van der Waals surface area contributed by atoms with E-state index in [0.717, 1.165) is 18.3 Å². The molecule has 0 radical (unpaired) electrons. The van der Waals surface area contributed by atoms with Crippen molar-refractivity contribution in [3.05, 3.63) is 0 Å². The second-order valence-corrected chi connectivity index (χ2v) is 3.89. The number of hydrogen-bond acceptors (Lipinski definition) is 1. The van der Waals surface area contributed by atoms with Crippen molar-refractivity contribution in [2.45, 2.75) is 45.4 Å². The average molecular weight is 156 g/mol. The van der Waals surface area contributed by atoms with Crippen LogP contribution in [0.1, 0.15) is 45.4 Å². The van der Waals surface area contributed by atoms with Crippen LogP contribution in [0.5, 0.6) is 0 Å². The molecule has 0 unspecified atom stereocenters. The number of aliphatic hydroxyl groups is 1. The van der Waals surface area contributed by atoms with Crippen LogP contribution in [0.4, 0.5) is 0 Å². The largest absolute Gasteiger partial charge is 0.396 e. The quantitative estimate of drug-likeness (QED) is 0.666. The highest BCUT2D eigenvalue weighted by molar-refractivity contribution is 4.70. The van der Waals surface area contributed by atoms with Crippen molar-refractivity contribution >= 4 is 0 Å². The van der Waals surface area contributed by atoms with Gasteiger partial charge in [-0.3, -0.25) is 0 Å². The minimum absolute atomic E-state index is 0.373. The first-order chi connectivity index (χ1) is 5.34. The molecule has 0 aromatic heterocycles. The molecule has 0 bridgehead atoms. The molecule has 0 saturated heterocycles. The minimum Gasteiger partial charge on any atom is -0.396 e. The Hall–Kier alpha value is -0.0400. The third-order valence-corrected chi connectivity index (χ3v) is 3.04. The van der Waals surface area contributed by atoms with Crippen molar-refractivity contribution in [2.24, 2.45) is 11.8 Å². The fourth-order valence-electron chi connectivity index (χ4n) is 2.14. The van der Waals surface area contributed by atoms with Gasteiger partial charge in [-0.1, -0.05) is 39.0 Å². The Kier molecular flexibility index (Phi) is 3.92. The van der Waals surface area contributed by atoms with Gasteiger partial charge in [0.2, 0.25) is 0 Å². The SMILES string of the molecule is C[C@@H](CCO)C1CCCCC1. The number of rotatable bonds is 3. The van der Waals surface area contributed by atoms with Gasteiger partial charge in [-0.05, 0) is 18.3 Å². The summed E-state index contributed by atoms with van der Waals surface area (Å²) >= 11 is 0. The molecule has 11 heavy (non-hydrogen) atoms. The molecule has 1 N–H and O–H groups in total. The van der Waals surface area contributed by atoms with Crippen molar-refractivity contribution in [1.82, 2.24) is 0 Å². The molecule has 0 heterocycles. The van der Waals surface area contributed by atoms with E-state index >= 15 is 0 Å². The molecule has 0 spiro atoms. The van der Waals surface area contributed by atoms with E-state index in [1.54, 1.807) is 0 Å². The van der Waals surface area contributed by atoms with E-state index in [9.17, 15) is 0 Å². The topological polar surface area (TPSA) is 20.2 Å². The van der Waals surface area contributed by atoms with Crippen LogP contribution in [0.25, 0.3) is 0 Å². The smallest absolute Gasteiger partial charge is 0.0433 e. The second kappa shape index (κ2) is 4.76. The Balaban J connectivity index is 2.21. The van der Waals surface area contributed by atoms with Crippen LogP contribution < -0.4 is 0 Å². The highest BCUT2D eigenvalue weighted by atomic mass is 16.3. The van der Waals surface area contributed by atoms with Crippen molar-refractivity contribution in [3.8, 4) is 0 Å². The van der Waals surface area contributed by atoms with Gasteiger partial charge in [0, 0.05) is 6.61 Å². The highest BCUT2D eigenvalue weighted by Gasteiger charge is 2.18. The molecule has 66 valence electrons. The maximum atomic E-state index is 8.77. The Morgan fingerprint density at radius 1 is 1.27 bits per heavy atom. The molecular weight excluding hydrogens is 136 g/mol. The van der Waals surface area contributed by atoms with Gasteiger partial charge < -0.3 is 5.11 Å². The predicted molar refractivity (Wildman–Crippen MR) is 47.4 cm³/mol. The van der Waals surface area contributed by atoms with E-state index in [1.165, 1.54) is 32.1 Å². The molecule has 1 atom stereocenters. The molecule has 1 aliphatic carbocycles. The van der Waals surface area contributed by atoms with Gasteiger partial charge in [0.15, 0.2) is 0 Å². The maximum Gasteiger partial charge on any atom is 0.0433 e. The second-order valence-electron chi connectivity index (χ2n) is 3.89. The van der Waals surface area contributed by atoms with Crippen LogP contribution >= 0.6 is 0 Å². The van der Waals surface area contributed by atoms with Crippen LogP contribution in [0.3, 0.4) is 0 Å². The molecule has 1 fully saturated rings. The first kappa shape index (κ1) is 9.05. The highest BCUT2D eigenvalue weighted by Crippen LogP contribution is 2.30. The van der Waals surface area contributed by atoms with Crippen LogP contribution in [0.2, 0.25) is 0 Å².